The summed E-state index contributed by atoms with van der Waals surface area (Å²) in [6.45, 7) is 9.55. The number of nitrogens with one attached hydrogen (secondary N) is 2. The quantitative estimate of drug-likeness (QED) is 0.805. The Kier molecular flexibility index (Phi) is 3.50. The smallest absolute Gasteiger partial charge is 0.241 e. The predicted molar refractivity (Wildman–Crippen MR) is 79.2 cm³/mol. The molecule has 0 aromatic heterocycles. The highest BCUT2D eigenvalue weighted by atomic mass is 32.2. The van der Waals surface area contributed by atoms with E-state index in [2.05, 4.69) is 38.3 Å². The summed E-state index contributed by atoms with van der Waals surface area (Å²) < 4.78 is 23.1. The Balaban J connectivity index is 2.22. The maximum absolute atomic E-state index is 12.7. The number of hydrogen-bond donors (Lipinski definition) is 2. The molecule has 0 spiro atoms. The van der Waals surface area contributed by atoms with Crippen LogP contribution in [0.4, 0.5) is 0 Å². The largest absolute Gasteiger partial charge is 0.351 e. The van der Waals surface area contributed by atoms with Crippen LogP contribution in [0.3, 0.4) is 0 Å². The molecule has 0 bridgehead atoms. The molecule has 0 atom stereocenters. The van der Waals surface area contributed by atoms with E-state index >= 15 is 0 Å². The Hall–Kier alpha value is -0.620. The first-order valence-electron chi connectivity index (χ1n) is 7.18. The molecule has 6 heteroatoms. The van der Waals surface area contributed by atoms with Crippen molar-refractivity contribution in [1.29, 1.82) is 0 Å². The number of rotatable bonds is 3. The van der Waals surface area contributed by atoms with Gasteiger partial charge in [0.15, 0.2) is 14.6 Å². The zero-order valence-corrected chi connectivity index (χ0v) is 13.9. The lowest BCUT2D eigenvalue weighted by atomic mass is 9.95. The topological polar surface area (TPSA) is 75.3 Å². The van der Waals surface area contributed by atoms with Crippen molar-refractivity contribution in [3.05, 3.63) is 0 Å². The van der Waals surface area contributed by atoms with E-state index in [0.717, 1.165) is 0 Å². The van der Waals surface area contributed by atoms with E-state index in [1.165, 1.54) is 6.26 Å². The number of carbonyl (C=O) groups excluding carboxylic acids is 1. The molecule has 0 radical (unpaired) electrons. The molecular weight excluding hydrogens is 276 g/mol. The van der Waals surface area contributed by atoms with Crippen LogP contribution < -0.4 is 10.6 Å². The Morgan fingerprint density at radius 1 is 1.10 bits per heavy atom. The van der Waals surface area contributed by atoms with Gasteiger partial charge in [-0.2, -0.15) is 0 Å². The van der Waals surface area contributed by atoms with Gasteiger partial charge in [0, 0.05) is 12.3 Å². The van der Waals surface area contributed by atoms with Gasteiger partial charge in [0.05, 0.1) is 0 Å². The molecular formula is C14H26N2O3S. The van der Waals surface area contributed by atoms with E-state index < -0.39 is 14.6 Å². The molecule has 2 fully saturated rings. The van der Waals surface area contributed by atoms with E-state index in [9.17, 15) is 13.2 Å². The molecule has 1 saturated heterocycles. The van der Waals surface area contributed by atoms with Crippen LogP contribution in [0.1, 0.15) is 40.5 Å². The molecule has 1 saturated carbocycles. The maximum atomic E-state index is 12.7. The summed E-state index contributed by atoms with van der Waals surface area (Å²) in [6, 6.07) is 0.0380. The van der Waals surface area contributed by atoms with Crippen LogP contribution >= 0.6 is 0 Å². The highest BCUT2D eigenvalue weighted by Crippen LogP contribution is 2.62. The molecule has 1 amide bonds. The van der Waals surface area contributed by atoms with Crippen LogP contribution in [-0.4, -0.2) is 44.5 Å². The van der Waals surface area contributed by atoms with Gasteiger partial charge in [0.2, 0.25) is 5.91 Å². The standard InChI is InChI=1S/C14H26N2O3S/c1-12(2)10(13(12,3)4)16-11(17)14(20(5,18)19)6-8-15-9-7-14/h10,15H,6-9H2,1-5H3,(H,16,17). The van der Waals surface area contributed by atoms with Crippen molar-refractivity contribution in [2.75, 3.05) is 19.3 Å². The minimum Gasteiger partial charge on any atom is -0.351 e. The van der Waals surface area contributed by atoms with E-state index in [4.69, 9.17) is 0 Å². The average Bonchev–Trinajstić information content (AvgIpc) is 2.71. The number of amides is 1. The van der Waals surface area contributed by atoms with Gasteiger partial charge in [-0.1, -0.05) is 27.7 Å². The fourth-order valence-electron chi connectivity index (χ4n) is 3.42. The molecule has 5 nitrogen and oxygen atoms in total. The molecule has 1 aliphatic heterocycles. The van der Waals surface area contributed by atoms with Crippen LogP contribution in [0.2, 0.25) is 0 Å². The summed E-state index contributed by atoms with van der Waals surface area (Å²) in [6.07, 6.45) is 1.89. The van der Waals surface area contributed by atoms with Gasteiger partial charge < -0.3 is 10.6 Å². The number of sulfone groups is 1. The molecule has 1 aliphatic carbocycles. The normalized spacial score (nSPS) is 27.9. The van der Waals surface area contributed by atoms with Gasteiger partial charge in [-0.3, -0.25) is 4.79 Å². The van der Waals surface area contributed by atoms with E-state index in [1.807, 2.05) is 0 Å². The Bertz CT molecular complexity index is 503. The van der Waals surface area contributed by atoms with Gasteiger partial charge in [-0.05, 0) is 36.8 Å². The van der Waals surface area contributed by atoms with Gasteiger partial charge in [-0.25, -0.2) is 8.42 Å². The summed E-state index contributed by atoms with van der Waals surface area (Å²) in [5, 5.41) is 6.13. The first kappa shape index (κ1) is 15.8. The fourth-order valence-corrected chi connectivity index (χ4v) is 4.76. The Morgan fingerprint density at radius 2 is 1.55 bits per heavy atom. The summed E-state index contributed by atoms with van der Waals surface area (Å²) in [7, 11) is -3.43. The van der Waals surface area contributed by atoms with Crippen molar-refractivity contribution in [3.8, 4) is 0 Å². The second-order valence-electron chi connectivity index (χ2n) is 7.37. The van der Waals surface area contributed by atoms with Crippen LogP contribution in [0.15, 0.2) is 0 Å². The van der Waals surface area contributed by atoms with Gasteiger partial charge in [0.25, 0.3) is 0 Å². The third-order valence-corrected chi connectivity index (χ3v) is 7.84. The maximum Gasteiger partial charge on any atom is 0.241 e. The van der Waals surface area contributed by atoms with Crippen LogP contribution in [0.25, 0.3) is 0 Å². The molecule has 0 aromatic rings. The average molecular weight is 302 g/mol. The third-order valence-electron chi connectivity index (χ3n) is 5.83. The molecule has 0 aromatic carbocycles. The van der Waals surface area contributed by atoms with Crippen molar-refractivity contribution >= 4 is 15.7 Å². The summed E-state index contributed by atoms with van der Waals surface area (Å²) in [4.78, 5) is 12.7. The zero-order valence-electron chi connectivity index (χ0n) is 13.0. The number of hydrogen-bond acceptors (Lipinski definition) is 4. The lowest BCUT2D eigenvalue weighted by Crippen LogP contribution is -2.58. The Labute approximate surface area is 121 Å². The molecule has 20 heavy (non-hydrogen) atoms. The van der Waals surface area contributed by atoms with Crippen LogP contribution in [-0.2, 0) is 14.6 Å². The second-order valence-corrected chi connectivity index (χ2v) is 9.69. The minimum atomic E-state index is -3.43. The molecule has 2 aliphatic rings. The molecule has 2 N–H and O–H groups in total. The lowest BCUT2D eigenvalue weighted by Gasteiger charge is -2.34. The molecule has 116 valence electrons. The SMILES string of the molecule is CC1(C)C(NC(=O)C2(S(C)(=O)=O)CCNCC2)C1(C)C. The van der Waals surface area contributed by atoms with Crippen LogP contribution in [0, 0.1) is 10.8 Å². The summed E-state index contributed by atoms with van der Waals surface area (Å²) >= 11 is 0. The van der Waals surface area contributed by atoms with Crippen molar-refractivity contribution in [2.24, 2.45) is 10.8 Å². The molecule has 1 heterocycles. The number of carbonyl (C=O) groups is 1. The van der Waals surface area contributed by atoms with E-state index in [1.54, 1.807) is 0 Å². The third kappa shape index (κ3) is 2.08. The summed E-state index contributed by atoms with van der Waals surface area (Å²) in [5.74, 6) is -0.315. The zero-order chi connectivity index (χ0) is 15.4. The van der Waals surface area contributed by atoms with E-state index in [0.29, 0.717) is 25.9 Å². The summed E-state index contributed by atoms with van der Waals surface area (Å²) in [5.41, 5.74) is 0.0164. The van der Waals surface area contributed by atoms with Gasteiger partial charge in [0.1, 0.15) is 0 Å². The Morgan fingerprint density at radius 3 is 1.90 bits per heavy atom. The second kappa shape index (κ2) is 4.44. The van der Waals surface area contributed by atoms with Gasteiger partial charge >= 0.3 is 0 Å². The molecule has 0 unspecified atom stereocenters. The van der Waals surface area contributed by atoms with Gasteiger partial charge in [-0.15, -0.1) is 0 Å². The van der Waals surface area contributed by atoms with Crippen molar-refractivity contribution in [3.63, 3.8) is 0 Å². The van der Waals surface area contributed by atoms with Crippen LogP contribution in [0.5, 0.6) is 0 Å². The minimum absolute atomic E-state index is 0.00820. The molecule has 2 rings (SSSR count). The number of piperidine rings is 1. The highest BCUT2D eigenvalue weighted by molar-refractivity contribution is 7.92. The first-order chi connectivity index (χ1) is 8.97. The van der Waals surface area contributed by atoms with E-state index in [-0.39, 0.29) is 22.8 Å². The monoisotopic (exact) mass is 302 g/mol. The predicted octanol–water partition coefficient (Wildman–Crippen LogP) is 0.704. The van der Waals surface area contributed by atoms with Crippen molar-refractivity contribution in [1.82, 2.24) is 10.6 Å². The lowest BCUT2D eigenvalue weighted by molar-refractivity contribution is -0.124. The fraction of sp³-hybridized carbons (Fsp3) is 0.929. The first-order valence-corrected chi connectivity index (χ1v) is 9.07. The van der Waals surface area contributed by atoms with Crippen molar-refractivity contribution in [2.45, 2.75) is 51.3 Å². The van der Waals surface area contributed by atoms with Crippen molar-refractivity contribution < 1.29 is 13.2 Å². The highest BCUT2D eigenvalue weighted by Gasteiger charge is 2.66.